The lowest BCUT2D eigenvalue weighted by atomic mass is 9.89. The van der Waals surface area contributed by atoms with Gasteiger partial charge in [-0.3, -0.25) is 10.1 Å². The highest BCUT2D eigenvalue weighted by Crippen LogP contribution is 2.45. The molecule has 0 fully saturated rings. The summed E-state index contributed by atoms with van der Waals surface area (Å²) < 4.78 is 44.4. The zero-order valence-electron chi connectivity index (χ0n) is 9.81. The number of nitro groups is 1. The van der Waals surface area contributed by atoms with Crippen molar-refractivity contribution in [1.82, 2.24) is 0 Å². The first-order chi connectivity index (χ1) is 8.74. The van der Waals surface area contributed by atoms with E-state index in [1.54, 1.807) is 0 Å². The summed E-state index contributed by atoms with van der Waals surface area (Å²) >= 11 is -0.0435. The van der Waals surface area contributed by atoms with E-state index in [2.05, 4.69) is 4.18 Å². The zero-order valence-corrected chi connectivity index (χ0v) is 10.6. The molecule has 0 aromatic heterocycles. The van der Waals surface area contributed by atoms with Crippen molar-refractivity contribution in [2.24, 2.45) is 0 Å². The van der Waals surface area contributed by atoms with Crippen molar-refractivity contribution in [1.29, 1.82) is 0 Å². The molecule has 102 valence electrons. The Bertz CT molecular complexity index is 472. The normalized spacial score (nSPS) is 14.9. The molecule has 0 aliphatic heterocycles. The van der Waals surface area contributed by atoms with Crippen molar-refractivity contribution in [3.8, 4) is 0 Å². The topological polar surface area (TPSA) is 52.4 Å². The van der Waals surface area contributed by atoms with E-state index in [9.17, 15) is 23.3 Å². The van der Waals surface area contributed by atoms with Crippen molar-refractivity contribution in [3.05, 3.63) is 45.5 Å². The smallest absolute Gasteiger partial charge is 0.301 e. The molecule has 0 aliphatic carbocycles. The van der Waals surface area contributed by atoms with Crippen LogP contribution in [0.15, 0.2) is 24.3 Å². The first kappa shape index (κ1) is 15.8. The van der Waals surface area contributed by atoms with Crippen molar-refractivity contribution in [3.63, 3.8) is 0 Å². The minimum absolute atomic E-state index is 0.0435. The molecule has 0 spiro atoms. The molecule has 0 heterocycles. The maximum atomic E-state index is 13.3. The van der Waals surface area contributed by atoms with Crippen LogP contribution in [0.3, 0.4) is 0 Å². The third kappa shape index (κ3) is 3.21. The Morgan fingerprint density at radius 3 is 2.42 bits per heavy atom. The molecule has 1 aromatic rings. The van der Waals surface area contributed by atoms with Gasteiger partial charge in [-0.2, -0.15) is 13.2 Å². The molecule has 0 amide bonds. The maximum Gasteiger partial charge on any atom is 0.429 e. The Hall–Kier alpha value is -1.22. The molecule has 0 aliphatic rings. The zero-order chi connectivity index (χ0) is 14.7. The van der Waals surface area contributed by atoms with Crippen LogP contribution in [0.4, 0.5) is 13.2 Å². The molecule has 0 saturated carbocycles. The SMILES string of the molecule is [B]SOC(C[N+](=O)[O-])(c1ccccc1C)C(F)(F)F. The Kier molecular flexibility index (Phi) is 4.86. The second-order valence-corrected chi connectivity index (χ2v) is 4.17. The summed E-state index contributed by atoms with van der Waals surface area (Å²) in [6, 6.07) is 5.44. The van der Waals surface area contributed by atoms with E-state index >= 15 is 0 Å². The van der Waals surface area contributed by atoms with E-state index < -0.39 is 23.2 Å². The van der Waals surface area contributed by atoms with Gasteiger partial charge in [-0.15, -0.1) is 0 Å². The van der Waals surface area contributed by atoms with Gasteiger partial charge in [0, 0.05) is 10.5 Å². The van der Waals surface area contributed by atoms with Crippen LogP contribution in [0, 0.1) is 17.0 Å². The van der Waals surface area contributed by atoms with Crippen molar-refractivity contribution < 1.29 is 22.3 Å². The third-order valence-electron chi connectivity index (χ3n) is 2.58. The van der Waals surface area contributed by atoms with Crippen LogP contribution in [0.25, 0.3) is 0 Å². The molecule has 19 heavy (non-hydrogen) atoms. The summed E-state index contributed by atoms with van der Waals surface area (Å²) in [7, 11) is 4.95. The molecule has 1 rings (SSSR count). The lowest BCUT2D eigenvalue weighted by molar-refractivity contribution is -0.515. The minimum atomic E-state index is -4.97. The largest absolute Gasteiger partial charge is 0.429 e. The number of nitrogens with zero attached hydrogens (tertiary/aromatic N) is 1. The van der Waals surface area contributed by atoms with E-state index in [0.29, 0.717) is 0 Å². The van der Waals surface area contributed by atoms with Crippen LogP contribution in [-0.4, -0.2) is 24.8 Å². The van der Waals surface area contributed by atoms with Gasteiger partial charge in [0.25, 0.3) is 5.60 Å². The first-order valence-corrected chi connectivity index (χ1v) is 5.84. The van der Waals surface area contributed by atoms with E-state index in [-0.39, 0.29) is 23.0 Å². The molecule has 9 heteroatoms. The molecule has 0 N–H and O–H groups in total. The van der Waals surface area contributed by atoms with Crippen LogP contribution in [0.1, 0.15) is 11.1 Å². The number of halogens is 3. The predicted molar refractivity (Wildman–Crippen MR) is 65.2 cm³/mol. The monoisotopic (exact) mass is 291 g/mol. The molecule has 1 aromatic carbocycles. The summed E-state index contributed by atoms with van der Waals surface area (Å²) in [5.74, 6) is 0. The van der Waals surface area contributed by atoms with Gasteiger partial charge in [0.15, 0.2) is 0 Å². The standard InChI is InChI=1S/C10H9BF3NO3S/c1-7-4-2-3-5-8(7)9(18-19-11,6-15(16)17)10(12,13)14/h2-5H,6H2,1H3. The molecular formula is C10H9BF3NO3S. The second kappa shape index (κ2) is 5.83. The highest BCUT2D eigenvalue weighted by Gasteiger charge is 2.62. The summed E-state index contributed by atoms with van der Waals surface area (Å²) in [5, 5.41) is 10.6. The van der Waals surface area contributed by atoms with Crippen LogP contribution in [0.2, 0.25) is 0 Å². The average molecular weight is 291 g/mol. The van der Waals surface area contributed by atoms with Gasteiger partial charge < -0.3 is 4.18 Å². The van der Waals surface area contributed by atoms with Crippen molar-refractivity contribution >= 4 is 19.0 Å². The first-order valence-electron chi connectivity index (χ1n) is 5.04. The van der Waals surface area contributed by atoms with Gasteiger partial charge in [0.1, 0.15) is 0 Å². The molecule has 1 atom stereocenters. The number of aryl methyl sites for hydroxylation is 1. The molecule has 0 saturated heterocycles. The lowest BCUT2D eigenvalue weighted by Crippen LogP contribution is -2.49. The minimum Gasteiger partial charge on any atom is -0.301 e. The lowest BCUT2D eigenvalue weighted by Gasteiger charge is -2.32. The fraction of sp³-hybridized carbons (Fsp3) is 0.400. The second-order valence-electron chi connectivity index (χ2n) is 3.81. The van der Waals surface area contributed by atoms with Gasteiger partial charge in [-0.25, -0.2) is 0 Å². The van der Waals surface area contributed by atoms with Gasteiger partial charge in [0.05, 0.1) is 0 Å². The number of hydrogen-bond donors (Lipinski definition) is 0. The maximum absolute atomic E-state index is 13.3. The van der Waals surface area contributed by atoms with Gasteiger partial charge >= 0.3 is 6.18 Å². The Balaban J connectivity index is 3.47. The summed E-state index contributed by atoms with van der Waals surface area (Å²) in [4.78, 5) is 9.52. The van der Waals surface area contributed by atoms with Crippen LogP contribution >= 0.6 is 11.9 Å². The van der Waals surface area contributed by atoms with E-state index in [4.69, 9.17) is 7.12 Å². The number of alkyl halides is 3. The number of benzene rings is 1. The summed E-state index contributed by atoms with van der Waals surface area (Å²) in [6.45, 7) is -0.0358. The Labute approximate surface area is 113 Å². The highest BCUT2D eigenvalue weighted by atomic mass is 32.2. The van der Waals surface area contributed by atoms with E-state index in [1.165, 1.54) is 25.1 Å². The highest BCUT2D eigenvalue weighted by molar-refractivity contribution is 8.15. The molecule has 1 unspecified atom stereocenters. The van der Waals surface area contributed by atoms with Crippen molar-refractivity contribution in [2.75, 3.05) is 6.54 Å². The Morgan fingerprint density at radius 2 is 2.00 bits per heavy atom. The van der Waals surface area contributed by atoms with Gasteiger partial charge in [-0.1, -0.05) is 36.2 Å². The fourth-order valence-corrected chi connectivity index (χ4v) is 2.14. The van der Waals surface area contributed by atoms with Crippen LogP contribution in [0.5, 0.6) is 0 Å². The van der Waals surface area contributed by atoms with Crippen LogP contribution in [-0.2, 0) is 9.78 Å². The molecule has 4 nitrogen and oxygen atoms in total. The van der Waals surface area contributed by atoms with Crippen molar-refractivity contribution in [2.45, 2.75) is 18.7 Å². The third-order valence-corrected chi connectivity index (χ3v) is 2.96. The molecule has 2 radical (unpaired) electrons. The van der Waals surface area contributed by atoms with Gasteiger partial charge in [0.2, 0.25) is 13.7 Å². The number of rotatable bonds is 5. The predicted octanol–water partition coefficient (Wildman–Crippen LogP) is 2.78. The van der Waals surface area contributed by atoms with E-state index in [0.717, 1.165) is 6.07 Å². The summed E-state index contributed by atoms with van der Waals surface area (Å²) in [6.07, 6.45) is -4.97. The summed E-state index contributed by atoms with van der Waals surface area (Å²) in [5.41, 5.74) is -3.16. The quantitative estimate of drug-likeness (QED) is 0.362. The molecule has 0 bridgehead atoms. The van der Waals surface area contributed by atoms with E-state index in [1.807, 2.05) is 0 Å². The number of hydrogen-bond acceptors (Lipinski definition) is 4. The Morgan fingerprint density at radius 1 is 1.42 bits per heavy atom. The van der Waals surface area contributed by atoms with Crippen LogP contribution < -0.4 is 0 Å². The fourth-order valence-electron chi connectivity index (χ4n) is 1.74. The average Bonchev–Trinajstić information content (AvgIpc) is 2.26. The molecular weight excluding hydrogens is 282 g/mol. The van der Waals surface area contributed by atoms with Gasteiger partial charge in [-0.05, 0) is 12.5 Å².